The van der Waals surface area contributed by atoms with E-state index < -0.39 is 11.9 Å². The quantitative estimate of drug-likeness (QED) is 0.351. The Balaban J connectivity index is 1.56. The number of halogens is 3. The van der Waals surface area contributed by atoms with E-state index in [-0.39, 0.29) is 39.6 Å². The molecule has 1 aliphatic rings. The Morgan fingerprint density at radius 3 is 2.63 bits per heavy atom. The van der Waals surface area contributed by atoms with Crippen molar-refractivity contribution in [2.24, 2.45) is 0 Å². The van der Waals surface area contributed by atoms with Crippen molar-refractivity contribution in [3.8, 4) is 16.9 Å². The maximum Gasteiger partial charge on any atom is 0.317 e. The van der Waals surface area contributed by atoms with Gasteiger partial charge in [-0.1, -0.05) is 23.2 Å². The van der Waals surface area contributed by atoms with E-state index >= 15 is 0 Å². The molecule has 1 aromatic carbocycles. The highest BCUT2D eigenvalue weighted by Gasteiger charge is 2.25. The number of nitrogens with one attached hydrogen (secondary N) is 2. The first-order valence-electron chi connectivity index (χ1n) is 12.3. The zero-order valence-corrected chi connectivity index (χ0v) is 22.8. The fraction of sp³-hybridized carbons (Fsp3) is 0.385. The molecule has 12 heteroatoms. The number of nitrogens with zero attached hydrogens (tertiary/aromatic N) is 4. The minimum absolute atomic E-state index is 0.0417. The van der Waals surface area contributed by atoms with Crippen LogP contribution in [0.3, 0.4) is 0 Å². The van der Waals surface area contributed by atoms with Gasteiger partial charge in [0.1, 0.15) is 11.9 Å². The Kier molecular flexibility index (Phi) is 8.73. The Hall–Kier alpha value is -3.37. The van der Waals surface area contributed by atoms with Crippen LogP contribution >= 0.6 is 23.2 Å². The van der Waals surface area contributed by atoms with Gasteiger partial charge in [0, 0.05) is 60.7 Å². The summed E-state index contributed by atoms with van der Waals surface area (Å²) in [5.41, 5.74) is 1.81. The van der Waals surface area contributed by atoms with Crippen LogP contribution in [0.2, 0.25) is 10.0 Å². The van der Waals surface area contributed by atoms with Crippen LogP contribution in [0, 0.1) is 5.82 Å². The number of carbonyl (C=O) groups is 2. The van der Waals surface area contributed by atoms with Crippen LogP contribution in [0.4, 0.5) is 15.0 Å². The summed E-state index contributed by atoms with van der Waals surface area (Å²) < 4.78 is 22.1. The van der Waals surface area contributed by atoms with Gasteiger partial charge >= 0.3 is 6.03 Å². The topological polar surface area (TPSA) is 101 Å². The molecule has 0 saturated carbocycles. The lowest BCUT2D eigenvalue weighted by molar-refractivity contribution is -0.114. The van der Waals surface area contributed by atoms with Gasteiger partial charge in [0.2, 0.25) is 5.91 Å². The number of benzene rings is 1. The Labute approximate surface area is 230 Å². The standard InChI is InChI=1S/C26H29Cl2FN6O3/c1-4-30-26(37)34-9-7-19(8-10-34)35-14-18(13-32-35)17-11-22(25(31-12-17)33-16(3)36)38-15(2)23-20(27)5-6-21(29)24(23)28/h5-6,11-15,19H,4,7-10H2,1-3H3,(H,30,37)(H,31,33,36)/t15-/m1/s1. The van der Waals surface area contributed by atoms with Crippen LogP contribution < -0.4 is 15.4 Å². The predicted molar refractivity (Wildman–Crippen MR) is 144 cm³/mol. The van der Waals surface area contributed by atoms with E-state index in [1.165, 1.54) is 19.1 Å². The van der Waals surface area contributed by atoms with Crippen LogP contribution in [0.25, 0.3) is 11.1 Å². The number of rotatable bonds is 7. The lowest BCUT2D eigenvalue weighted by Crippen LogP contribution is -2.44. The van der Waals surface area contributed by atoms with E-state index in [0.29, 0.717) is 30.8 Å². The number of hydrogen-bond donors (Lipinski definition) is 2. The summed E-state index contributed by atoms with van der Waals surface area (Å²) in [6.45, 7) is 6.85. The summed E-state index contributed by atoms with van der Waals surface area (Å²) in [7, 11) is 0. The van der Waals surface area contributed by atoms with Crippen molar-refractivity contribution in [2.75, 3.05) is 25.0 Å². The second-order valence-corrected chi connectivity index (χ2v) is 9.82. The average molecular weight is 563 g/mol. The second kappa shape index (κ2) is 12.0. The fourth-order valence-electron chi connectivity index (χ4n) is 4.40. The third kappa shape index (κ3) is 6.19. The lowest BCUT2D eigenvalue weighted by Gasteiger charge is -2.32. The Morgan fingerprint density at radius 1 is 1.21 bits per heavy atom. The molecule has 1 atom stereocenters. The molecule has 1 fully saturated rings. The van der Waals surface area contributed by atoms with E-state index in [9.17, 15) is 14.0 Å². The molecule has 3 heterocycles. The molecule has 1 aliphatic heterocycles. The van der Waals surface area contributed by atoms with E-state index in [1.54, 1.807) is 25.4 Å². The SMILES string of the molecule is CCNC(=O)N1CCC(n2cc(-c3cnc(NC(C)=O)c(O[C@H](C)c4c(Cl)ccc(F)c4Cl)c3)cn2)CC1. The van der Waals surface area contributed by atoms with Crippen molar-refractivity contribution in [3.05, 3.63) is 58.2 Å². The molecule has 2 N–H and O–H groups in total. The molecule has 1 saturated heterocycles. The fourth-order valence-corrected chi connectivity index (χ4v) is 5.08. The van der Waals surface area contributed by atoms with Gasteiger partial charge in [-0.15, -0.1) is 0 Å². The summed E-state index contributed by atoms with van der Waals surface area (Å²) in [4.78, 5) is 30.1. The molecule has 0 radical (unpaired) electrons. The molecule has 0 aliphatic carbocycles. The van der Waals surface area contributed by atoms with Crippen LogP contribution in [0.5, 0.6) is 5.75 Å². The van der Waals surface area contributed by atoms with Crippen molar-refractivity contribution < 1.29 is 18.7 Å². The van der Waals surface area contributed by atoms with Gasteiger partial charge in [0.25, 0.3) is 0 Å². The zero-order valence-electron chi connectivity index (χ0n) is 21.3. The highest BCUT2D eigenvalue weighted by molar-refractivity contribution is 6.36. The lowest BCUT2D eigenvalue weighted by atomic mass is 10.1. The molecular formula is C26H29Cl2FN6O3. The van der Waals surface area contributed by atoms with Crippen molar-refractivity contribution in [2.45, 2.75) is 45.8 Å². The smallest absolute Gasteiger partial charge is 0.317 e. The number of likely N-dealkylation sites (tertiary alicyclic amines) is 1. The van der Waals surface area contributed by atoms with Gasteiger partial charge in [-0.05, 0) is 44.9 Å². The Bertz CT molecular complexity index is 1330. The van der Waals surface area contributed by atoms with Crippen molar-refractivity contribution >= 4 is 41.0 Å². The summed E-state index contributed by atoms with van der Waals surface area (Å²) >= 11 is 12.4. The van der Waals surface area contributed by atoms with Gasteiger partial charge in [-0.3, -0.25) is 9.48 Å². The number of ether oxygens (including phenoxy) is 1. The molecule has 9 nitrogen and oxygen atoms in total. The summed E-state index contributed by atoms with van der Waals surface area (Å²) in [5, 5.41) is 10.2. The van der Waals surface area contributed by atoms with Crippen LogP contribution in [0.15, 0.2) is 36.8 Å². The summed E-state index contributed by atoms with van der Waals surface area (Å²) in [6.07, 6.45) is 6.11. The monoisotopic (exact) mass is 562 g/mol. The van der Waals surface area contributed by atoms with E-state index in [0.717, 1.165) is 18.4 Å². The largest absolute Gasteiger partial charge is 0.482 e. The molecule has 4 rings (SSSR count). The third-order valence-corrected chi connectivity index (χ3v) is 7.04. The Morgan fingerprint density at radius 2 is 1.95 bits per heavy atom. The zero-order chi connectivity index (χ0) is 27.4. The van der Waals surface area contributed by atoms with Gasteiger partial charge in [0.05, 0.1) is 17.3 Å². The molecule has 38 heavy (non-hydrogen) atoms. The molecule has 2 aromatic heterocycles. The number of urea groups is 1. The second-order valence-electron chi connectivity index (χ2n) is 9.03. The van der Waals surface area contributed by atoms with Crippen molar-refractivity contribution in [1.29, 1.82) is 0 Å². The first kappa shape index (κ1) is 27.7. The molecule has 0 bridgehead atoms. The summed E-state index contributed by atoms with van der Waals surface area (Å²) in [6, 6.07) is 4.45. The number of carbonyl (C=O) groups excluding carboxylic acids is 2. The van der Waals surface area contributed by atoms with Crippen LogP contribution in [0.1, 0.15) is 51.3 Å². The van der Waals surface area contributed by atoms with Crippen molar-refractivity contribution in [1.82, 2.24) is 25.0 Å². The predicted octanol–water partition coefficient (Wildman–Crippen LogP) is 5.86. The first-order chi connectivity index (χ1) is 18.2. The minimum atomic E-state index is -0.743. The third-order valence-electron chi connectivity index (χ3n) is 6.33. The van der Waals surface area contributed by atoms with Gasteiger partial charge < -0.3 is 20.3 Å². The van der Waals surface area contributed by atoms with E-state index in [2.05, 4.69) is 20.7 Å². The minimum Gasteiger partial charge on any atom is -0.482 e. The highest BCUT2D eigenvalue weighted by Crippen LogP contribution is 2.38. The van der Waals surface area contributed by atoms with Crippen LogP contribution in [-0.4, -0.2) is 51.2 Å². The molecule has 0 spiro atoms. The number of hydrogen-bond acceptors (Lipinski definition) is 5. The molecule has 3 aromatic rings. The molecule has 202 valence electrons. The molecular weight excluding hydrogens is 534 g/mol. The van der Waals surface area contributed by atoms with E-state index in [1.807, 2.05) is 22.7 Å². The molecule has 3 amide bonds. The van der Waals surface area contributed by atoms with Crippen molar-refractivity contribution in [3.63, 3.8) is 0 Å². The summed E-state index contributed by atoms with van der Waals surface area (Å²) in [5.74, 6) is -0.456. The van der Waals surface area contributed by atoms with Crippen LogP contribution in [-0.2, 0) is 4.79 Å². The van der Waals surface area contributed by atoms with Gasteiger partial charge in [0.15, 0.2) is 11.6 Å². The maximum absolute atomic E-state index is 14.1. The first-order valence-corrected chi connectivity index (χ1v) is 13.1. The van der Waals surface area contributed by atoms with Gasteiger partial charge in [-0.25, -0.2) is 14.2 Å². The number of aromatic nitrogens is 3. The normalized spacial score (nSPS) is 14.7. The number of anilines is 1. The number of pyridine rings is 1. The number of amides is 3. The van der Waals surface area contributed by atoms with E-state index in [4.69, 9.17) is 27.9 Å². The maximum atomic E-state index is 14.1. The highest BCUT2D eigenvalue weighted by atomic mass is 35.5. The molecule has 0 unspecified atom stereocenters. The van der Waals surface area contributed by atoms with Gasteiger partial charge in [-0.2, -0.15) is 5.10 Å². The number of piperidine rings is 1. The average Bonchev–Trinajstić information content (AvgIpc) is 3.38.